The van der Waals surface area contributed by atoms with Crippen LogP contribution in [0.25, 0.3) is 0 Å². The average molecular weight is 468 g/mol. The van der Waals surface area contributed by atoms with Gasteiger partial charge in [-0.2, -0.15) is 13.2 Å². The second-order valence-electron chi connectivity index (χ2n) is 7.75. The second kappa shape index (κ2) is 11.3. The first-order chi connectivity index (χ1) is 15.7. The molecule has 0 saturated carbocycles. The molecule has 11 heteroatoms. The average Bonchev–Trinajstić information content (AvgIpc) is 2.77. The number of anilines is 1. The first-order valence-corrected chi connectivity index (χ1v) is 10.6. The number of H-pyrrole nitrogens is 1. The highest BCUT2D eigenvalue weighted by molar-refractivity contribution is 5.76. The third-order valence-electron chi connectivity index (χ3n) is 5.17. The fourth-order valence-electron chi connectivity index (χ4n) is 3.38. The zero-order valence-corrected chi connectivity index (χ0v) is 18.3. The number of alkyl halides is 3. The number of aromatic amines is 1. The number of aryl methyl sites for hydroxylation is 1. The molecule has 0 radical (unpaired) electrons. The zero-order chi connectivity index (χ0) is 23.8. The number of ether oxygens (including phenoxy) is 2. The van der Waals surface area contributed by atoms with E-state index in [0.717, 1.165) is 5.56 Å². The summed E-state index contributed by atoms with van der Waals surface area (Å²) in [4.78, 5) is 34.0. The third-order valence-corrected chi connectivity index (χ3v) is 5.17. The molecule has 3 rings (SSSR count). The van der Waals surface area contributed by atoms with Gasteiger partial charge in [-0.05, 0) is 24.5 Å². The molecule has 0 spiro atoms. The van der Waals surface area contributed by atoms with Gasteiger partial charge in [-0.3, -0.25) is 14.6 Å². The number of rotatable bonds is 9. The molecular weight excluding hydrogens is 441 g/mol. The van der Waals surface area contributed by atoms with Crippen molar-refractivity contribution in [2.24, 2.45) is 0 Å². The normalized spacial score (nSPS) is 14.4. The Bertz CT molecular complexity index is 987. The molecular formula is C22H27F3N4O4. The molecule has 180 valence electrons. The first kappa shape index (κ1) is 24.7. The quantitative estimate of drug-likeness (QED) is 0.586. The number of hydrogen-bond acceptors (Lipinski definition) is 6. The van der Waals surface area contributed by atoms with Crippen LogP contribution in [-0.4, -0.2) is 55.0 Å². The lowest BCUT2D eigenvalue weighted by Crippen LogP contribution is -2.38. The summed E-state index contributed by atoms with van der Waals surface area (Å²) in [5.74, 6) is 0.296. The Labute approximate surface area is 189 Å². The standard InChI is InChI=1S/C22H27F3N4O4/c1-15-18(20(31)28-21(27-15)29-8-10-32-11-9-29)6-7-19(30)26-12-16-2-4-17(5-3-16)13-33-14-22(23,24)25/h2-5H,6-14H2,1H3,(H,26,30)(H,27,28,31). The van der Waals surface area contributed by atoms with Gasteiger partial charge in [0.1, 0.15) is 6.61 Å². The van der Waals surface area contributed by atoms with Gasteiger partial charge in [0.05, 0.1) is 19.8 Å². The van der Waals surface area contributed by atoms with Crippen molar-refractivity contribution in [2.45, 2.75) is 39.1 Å². The Hall–Kier alpha value is -2.92. The van der Waals surface area contributed by atoms with Crippen molar-refractivity contribution in [3.8, 4) is 0 Å². The summed E-state index contributed by atoms with van der Waals surface area (Å²) in [5, 5.41) is 2.78. The molecule has 0 unspecified atom stereocenters. The van der Waals surface area contributed by atoms with Crippen LogP contribution in [0.4, 0.5) is 19.1 Å². The number of morpholine rings is 1. The predicted octanol–water partition coefficient (Wildman–Crippen LogP) is 2.24. The van der Waals surface area contributed by atoms with Gasteiger partial charge in [0.2, 0.25) is 11.9 Å². The van der Waals surface area contributed by atoms with Crippen LogP contribution >= 0.6 is 0 Å². The molecule has 33 heavy (non-hydrogen) atoms. The topological polar surface area (TPSA) is 96.6 Å². The Morgan fingerprint density at radius 3 is 2.52 bits per heavy atom. The van der Waals surface area contributed by atoms with Crippen LogP contribution in [0.3, 0.4) is 0 Å². The molecule has 0 bridgehead atoms. The number of hydrogen-bond donors (Lipinski definition) is 2. The Balaban J connectivity index is 1.45. The van der Waals surface area contributed by atoms with Gasteiger partial charge in [0.15, 0.2) is 0 Å². The van der Waals surface area contributed by atoms with Gasteiger partial charge in [-0.15, -0.1) is 0 Å². The summed E-state index contributed by atoms with van der Waals surface area (Å²) in [7, 11) is 0. The van der Waals surface area contributed by atoms with E-state index in [2.05, 4.69) is 20.0 Å². The molecule has 1 amide bonds. The highest BCUT2D eigenvalue weighted by Crippen LogP contribution is 2.16. The van der Waals surface area contributed by atoms with Crippen molar-refractivity contribution in [3.05, 3.63) is 57.0 Å². The molecule has 1 aromatic carbocycles. The van der Waals surface area contributed by atoms with Crippen molar-refractivity contribution in [3.63, 3.8) is 0 Å². The SMILES string of the molecule is Cc1nc(N2CCOCC2)[nH]c(=O)c1CCC(=O)NCc1ccc(COCC(F)(F)F)cc1. The Kier molecular flexibility index (Phi) is 8.45. The minimum absolute atomic E-state index is 0.131. The smallest absolute Gasteiger partial charge is 0.378 e. The van der Waals surface area contributed by atoms with Crippen molar-refractivity contribution >= 4 is 11.9 Å². The Morgan fingerprint density at radius 1 is 1.21 bits per heavy atom. The number of nitrogens with zero attached hydrogens (tertiary/aromatic N) is 2. The molecule has 1 aliphatic rings. The van der Waals surface area contributed by atoms with E-state index in [0.29, 0.717) is 49.1 Å². The van der Waals surface area contributed by atoms with E-state index in [1.54, 1.807) is 31.2 Å². The van der Waals surface area contributed by atoms with Crippen molar-refractivity contribution in [2.75, 3.05) is 37.8 Å². The van der Waals surface area contributed by atoms with Gasteiger partial charge in [0.25, 0.3) is 5.56 Å². The summed E-state index contributed by atoms with van der Waals surface area (Å²) in [5.41, 5.74) is 2.23. The van der Waals surface area contributed by atoms with E-state index in [9.17, 15) is 22.8 Å². The number of nitrogens with one attached hydrogen (secondary N) is 2. The van der Waals surface area contributed by atoms with Crippen LogP contribution in [0.15, 0.2) is 29.1 Å². The minimum atomic E-state index is -4.35. The third kappa shape index (κ3) is 7.86. The van der Waals surface area contributed by atoms with Crippen molar-refractivity contribution in [1.82, 2.24) is 15.3 Å². The lowest BCUT2D eigenvalue weighted by Gasteiger charge is -2.27. The highest BCUT2D eigenvalue weighted by atomic mass is 19.4. The van der Waals surface area contributed by atoms with Gasteiger partial charge < -0.3 is 19.7 Å². The number of carbonyl (C=O) groups is 1. The number of halogens is 3. The molecule has 1 saturated heterocycles. The highest BCUT2D eigenvalue weighted by Gasteiger charge is 2.27. The van der Waals surface area contributed by atoms with Crippen molar-refractivity contribution < 1.29 is 27.4 Å². The fourth-order valence-corrected chi connectivity index (χ4v) is 3.38. The lowest BCUT2D eigenvalue weighted by molar-refractivity contribution is -0.176. The molecule has 0 aliphatic carbocycles. The fraction of sp³-hybridized carbons (Fsp3) is 0.500. The maximum Gasteiger partial charge on any atom is 0.411 e. The van der Waals surface area contributed by atoms with Crippen LogP contribution in [0, 0.1) is 6.92 Å². The van der Waals surface area contributed by atoms with E-state index in [-0.39, 0.29) is 37.5 Å². The summed E-state index contributed by atoms with van der Waals surface area (Å²) in [6.07, 6.45) is -3.96. The largest absolute Gasteiger partial charge is 0.411 e. The van der Waals surface area contributed by atoms with Gasteiger partial charge >= 0.3 is 6.18 Å². The molecule has 2 heterocycles. The maximum atomic E-state index is 12.5. The number of carbonyl (C=O) groups excluding carboxylic acids is 1. The van der Waals surface area contributed by atoms with E-state index < -0.39 is 12.8 Å². The molecule has 2 aromatic rings. The molecule has 1 fully saturated rings. The summed E-state index contributed by atoms with van der Waals surface area (Å²) < 4.78 is 46.3. The Morgan fingerprint density at radius 2 is 1.88 bits per heavy atom. The molecule has 1 aliphatic heterocycles. The van der Waals surface area contributed by atoms with Crippen LogP contribution in [0.5, 0.6) is 0 Å². The molecule has 2 N–H and O–H groups in total. The number of amides is 1. The lowest BCUT2D eigenvalue weighted by atomic mass is 10.1. The molecule has 8 nitrogen and oxygen atoms in total. The minimum Gasteiger partial charge on any atom is -0.378 e. The molecule has 1 aromatic heterocycles. The number of benzene rings is 1. The van der Waals surface area contributed by atoms with E-state index in [4.69, 9.17) is 4.74 Å². The van der Waals surface area contributed by atoms with Crippen LogP contribution in [-0.2, 0) is 33.8 Å². The molecule has 0 atom stereocenters. The van der Waals surface area contributed by atoms with Crippen LogP contribution in [0.2, 0.25) is 0 Å². The number of aromatic nitrogens is 2. The zero-order valence-electron chi connectivity index (χ0n) is 18.3. The summed E-state index contributed by atoms with van der Waals surface area (Å²) in [6, 6.07) is 6.75. The van der Waals surface area contributed by atoms with Crippen molar-refractivity contribution in [1.29, 1.82) is 0 Å². The van der Waals surface area contributed by atoms with Gasteiger partial charge in [-0.1, -0.05) is 24.3 Å². The van der Waals surface area contributed by atoms with Crippen LogP contribution < -0.4 is 15.8 Å². The van der Waals surface area contributed by atoms with E-state index in [1.807, 2.05) is 4.90 Å². The van der Waals surface area contributed by atoms with Gasteiger partial charge in [0, 0.05) is 37.3 Å². The predicted molar refractivity (Wildman–Crippen MR) is 115 cm³/mol. The van der Waals surface area contributed by atoms with Crippen LogP contribution in [0.1, 0.15) is 28.8 Å². The second-order valence-corrected chi connectivity index (χ2v) is 7.75. The first-order valence-electron chi connectivity index (χ1n) is 10.6. The maximum absolute atomic E-state index is 12.5. The van der Waals surface area contributed by atoms with E-state index in [1.165, 1.54) is 0 Å². The van der Waals surface area contributed by atoms with E-state index >= 15 is 0 Å². The summed E-state index contributed by atoms with van der Waals surface area (Å²) in [6.45, 7) is 3.07. The monoisotopic (exact) mass is 468 g/mol. The summed E-state index contributed by atoms with van der Waals surface area (Å²) >= 11 is 0. The van der Waals surface area contributed by atoms with Gasteiger partial charge in [-0.25, -0.2) is 4.98 Å².